The maximum absolute atomic E-state index is 13.8. The maximum atomic E-state index is 13.8. The molecule has 0 spiro atoms. The normalized spacial score (nSPS) is 16.1. The number of carbonyl (C=O) groups is 1. The fourth-order valence-corrected chi connectivity index (χ4v) is 4.61. The number of nitrogens with zero attached hydrogens (tertiary/aromatic N) is 2. The molecule has 0 saturated carbocycles. The summed E-state index contributed by atoms with van der Waals surface area (Å²) < 4.78 is 40.7. The molecule has 9 heteroatoms. The number of piperazine rings is 1. The summed E-state index contributed by atoms with van der Waals surface area (Å²) in [6.07, 6.45) is -0.215. The number of hydrogen-bond acceptors (Lipinski definition) is 4. The van der Waals surface area contributed by atoms with Gasteiger partial charge in [0.1, 0.15) is 5.82 Å². The second-order valence-electron chi connectivity index (χ2n) is 6.66. The molecule has 1 saturated heterocycles. The average Bonchev–Trinajstić information content (AvgIpc) is 2.66. The van der Waals surface area contributed by atoms with E-state index < -0.39 is 21.7 Å². The summed E-state index contributed by atoms with van der Waals surface area (Å²) in [5.74, 6) is -0.988. The Kier molecular flexibility index (Phi) is 6.34. The van der Waals surface area contributed by atoms with Gasteiger partial charge in [-0.05, 0) is 43.4 Å². The van der Waals surface area contributed by atoms with Crippen molar-refractivity contribution < 1.29 is 17.6 Å². The molecule has 1 aliphatic rings. The van der Waals surface area contributed by atoms with Crippen molar-refractivity contribution in [3.63, 3.8) is 0 Å². The third-order valence-corrected chi connectivity index (χ3v) is 6.90. The molecule has 28 heavy (non-hydrogen) atoms. The number of anilines is 1. The van der Waals surface area contributed by atoms with Gasteiger partial charge in [-0.15, -0.1) is 0 Å². The topological polar surface area (TPSA) is 69.7 Å². The molecule has 0 radical (unpaired) electrons. The van der Waals surface area contributed by atoms with Crippen LogP contribution in [0.5, 0.6) is 0 Å². The van der Waals surface area contributed by atoms with Gasteiger partial charge in [0.25, 0.3) is 0 Å². The quantitative estimate of drug-likeness (QED) is 0.799. The first kappa shape index (κ1) is 20.7. The molecule has 0 aliphatic carbocycles. The van der Waals surface area contributed by atoms with E-state index in [4.69, 9.17) is 11.6 Å². The number of amides is 1. The van der Waals surface area contributed by atoms with Crippen LogP contribution in [-0.2, 0) is 21.2 Å². The zero-order valence-electron chi connectivity index (χ0n) is 15.4. The third kappa shape index (κ3) is 4.70. The van der Waals surface area contributed by atoms with Gasteiger partial charge in [-0.3, -0.25) is 4.79 Å². The van der Waals surface area contributed by atoms with Gasteiger partial charge in [0.05, 0.1) is 11.3 Å². The Hall–Kier alpha value is -2.00. The summed E-state index contributed by atoms with van der Waals surface area (Å²) in [6.45, 7) is 2.26. The molecular formula is C19H21ClFN3O3S. The minimum absolute atomic E-state index is 0.121. The molecule has 1 N–H and O–H groups in total. The molecule has 1 fully saturated rings. The summed E-state index contributed by atoms with van der Waals surface area (Å²) in [5, 5.41) is 2.81. The zero-order valence-corrected chi connectivity index (χ0v) is 16.9. The Morgan fingerprint density at radius 2 is 1.75 bits per heavy atom. The molecular weight excluding hydrogens is 405 g/mol. The monoisotopic (exact) mass is 425 g/mol. The number of hydrogen-bond donors (Lipinski definition) is 1. The van der Waals surface area contributed by atoms with Crippen molar-refractivity contribution in [2.75, 3.05) is 38.5 Å². The number of rotatable bonds is 5. The van der Waals surface area contributed by atoms with E-state index in [0.717, 1.165) is 0 Å². The van der Waals surface area contributed by atoms with Gasteiger partial charge in [-0.1, -0.05) is 17.7 Å². The van der Waals surface area contributed by atoms with Crippen LogP contribution in [0.15, 0.2) is 47.4 Å². The molecule has 2 aromatic carbocycles. The van der Waals surface area contributed by atoms with E-state index in [1.807, 2.05) is 7.05 Å². The molecule has 3 rings (SSSR count). The number of halogens is 2. The lowest BCUT2D eigenvalue weighted by atomic mass is 10.1. The van der Waals surface area contributed by atoms with Crippen molar-refractivity contribution in [1.82, 2.24) is 9.21 Å². The second-order valence-corrected chi connectivity index (χ2v) is 9.00. The van der Waals surface area contributed by atoms with Crippen molar-refractivity contribution in [1.29, 1.82) is 0 Å². The second kappa shape index (κ2) is 8.57. The minimum Gasteiger partial charge on any atom is -0.326 e. The first-order valence-electron chi connectivity index (χ1n) is 8.79. The fourth-order valence-electron chi connectivity index (χ4n) is 2.95. The van der Waals surface area contributed by atoms with Crippen molar-refractivity contribution in [2.45, 2.75) is 11.3 Å². The van der Waals surface area contributed by atoms with Gasteiger partial charge in [0, 0.05) is 42.5 Å². The van der Waals surface area contributed by atoms with Crippen LogP contribution in [0.4, 0.5) is 10.1 Å². The number of sulfonamides is 1. The lowest BCUT2D eigenvalue weighted by Gasteiger charge is -2.31. The molecule has 0 bridgehead atoms. The molecule has 0 aromatic heterocycles. The average molecular weight is 426 g/mol. The van der Waals surface area contributed by atoms with Gasteiger partial charge in [0.15, 0.2) is 0 Å². The largest absolute Gasteiger partial charge is 0.326 e. The Labute approximate surface area is 168 Å². The van der Waals surface area contributed by atoms with Crippen molar-refractivity contribution in [3.8, 4) is 0 Å². The van der Waals surface area contributed by atoms with E-state index >= 15 is 0 Å². The lowest BCUT2D eigenvalue weighted by molar-refractivity contribution is -0.115. The standard InChI is InChI=1S/C19H21ClFN3O3S/c1-23-9-11-24(12-10-23)28(26,27)15-7-5-14(6-8-15)22-19(25)13-16-17(20)3-2-4-18(16)21/h2-8H,9-13H2,1H3,(H,22,25). The van der Waals surface area contributed by atoms with E-state index in [1.165, 1.54) is 46.8 Å². The van der Waals surface area contributed by atoms with Gasteiger partial charge >= 0.3 is 0 Å². The van der Waals surface area contributed by atoms with Crippen LogP contribution in [0.3, 0.4) is 0 Å². The highest BCUT2D eigenvalue weighted by atomic mass is 35.5. The Morgan fingerprint density at radius 1 is 1.11 bits per heavy atom. The summed E-state index contributed by atoms with van der Waals surface area (Å²) in [6, 6.07) is 10.2. The molecule has 150 valence electrons. The molecule has 2 aromatic rings. The lowest BCUT2D eigenvalue weighted by Crippen LogP contribution is -2.46. The number of nitrogens with one attached hydrogen (secondary N) is 1. The predicted octanol–water partition coefficient (Wildman–Crippen LogP) is 2.60. The summed E-state index contributed by atoms with van der Waals surface area (Å²) >= 11 is 5.94. The Balaban J connectivity index is 1.66. The summed E-state index contributed by atoms with van der Waals surface area (Å²) in [5.41, 5.74) is 0.547. The Bertz CT molecular complexity index is 939. The van der Waals surface area contributed by atoms with Crippen molar-refractivity contribution in [2.24, 2.45) is 0 Å². The van der Waals surface area contributed by atoms with Crippen molar-refractivity contribution in [3.05, 3.63) is 58.9 Å². The van der Waals surface area contributed by atoms with E-state index in [-0.39, 0.29) is 21.9 Å². The van der Waals surface area contributed by atoms with Crippen LogP contribution >= 0.6 is 11.6 Å². The number of likely N-dealkylation sites (N-methyl/N-ethyl adjacent to an activating group) is 1. The van der Waals surface area contributed by atoms with Gasteiger partial charge in [-0.2, -0.15) is 4.31 Å². The van der Waals surface area contributed by atoms with Crippen molar-refractivity contribution >= 4 is 33.2 Å². The van der Waals surface area contributed by atoms with E-state index in [2.05, 4.69) is 10.2 Å². The highest BCUT2D eigenvalue weighted by Gasteiger charge is 2.27. The van der Waals surface area contributed by atoms with E-state index in [0.29, 0.717) is 31.9 Å². The molecule has 0 unspecified atom stereocenters. The first-order valence-corrected chi connectivity index (χ1v) is 10.6. The maximum Gasteiger partial charge on any atom is 0.243 e. The molecule has 0 atom stereocenters. The van der Waals surface area contributed by atoms with Gasteiger partial charge in [-0.25, -0.2) is 12.8 Å². The van der Waals surface area contributed by atoms with Gasteiger partial charge in [0.2, 0.25) is 15.9 Å². The van der Waals surface area contributed by atoms with Crippen LogP contribution in [-0.4, -0.2) is 56.8 Å². The Morgan fingerprint density at radius 3 is 2.36 bits per heavy atom. The molecule has 6 nitrogen and oxygen atoms in total. The predicted molar refractivity (Wildman–Crippen MR) is 106 cm³/mol. The van der Waals surface area contributed by atoms with E-state index in [9.17, 15) is 17.6 Å². The SMILES string of the molecule is CN1CCN(S(=O)(=O)c2ccc(NC(=O)Cc3c(F)cccc3Cl)cc2)CC1. The van der Waals surface area contributed by atoms with Crippen LogP contribution in [0.2, 0.25) is 5.02 Å². The number of carbonyl (C=O) groups excluding carboxylic acids is 1. The zero-order chi connectivity index (χ0) is 20.3. The number of benzene rings is 2. The first-order chi connectivity index (χ1) is 13.3. The van der Waals surface area contributed by atoms with Crippen LogP contribution in [0.1, 0.15) is 5.56 Å². The van der Waals surface area contributed by atoms with Crippen LogP contribution in [0, 0.1) is 5.82 Å². The summed E-state index contributed by atoms with van der Waals surface area (Å²) in [4.78, 5) is 14.4. The molecule has 1 aliphatic heterocycles. The van der Waals surface area contributed by atoms with Gasteiger partial charge < -0.3 is 10.2 Å². The molecule has 1 heterocycles. The third-order valence-electron chi connectivity index (χ3n) is 4.64. The smallest absolute Gasteiger partial charge is 0.243 e. The highest BCUT2D eigenvalue weighted by molar-refractivity contribution is 7.89. The van der Waals surface area contributed by atoms with Crippen LogP contribution in [0.25, 0.3) is 0 Å². The summed E-state index contributed by atoms with van der Waals surface area (Å²) in [7, 11) is -1.61. The fraction of sp³-hybridized carbons (Fsp3) is 0.316. The highest BCUT2D eigenvalue weighted by Crippen LogP contribution is 2.22. The molecule has 1 amide bonds. The van der Waals surface area contributed by atoms with Crippen LogP contribution < -0.4 is 5.32 Å². The van der Waals surface area contributed by atoms with E-state index in [1.54, 1.807) is 0 Å². The minimum atomic E-state index is -3.56.